The average Bonchev–Trinajstić information content (AvgIpc) is 2.73. The molecule has 3 aromatic rings. The van der Waals surface area contributed by atoms with Gasteiger partial charge in [-0.3, -0.25) is 19.4 Å². The van der Waals surface area contributed by atoms with E-state index in [4.69, 9.17) is 0 Å². The standard InChI is InChI=1S/C23H24N4O4/c1-14(24-20(28)12-11-19-15(2)25-23(31)27-22(19)30)17-9-6-10-18(13-17)26-21(29)16-7-4-3-5-8-16/h3-10,13-14H,11-12H2,1-2H3,(H,24,28)(H,26,29)(H2,25,27,30,31)/t14-/m0/s1. The Balaban J connectivity index is 1.60. The van der Waals surface area contributed by atoms with E-state index in [2.05, 4.69) is 20.6 Å². The molecule has 3 rings (SSSR count). The molecule has 0 aliphatic heterocycles. The predicted molar refractivity (Wildman–Crippen MR) is 118 cm³/mol. The fraction of sp³-hybridized carbons (Fsp3) is 0.217. The summed E-state index contributed by atoms with van der Waals surface area (Å²) in [4.78, 5) is 52.6. The Morgan fingerprint density at radius 3 is 2.45 bits per heavy atom. The average molecular weight is 420 g/mol. The Labute approximate surface area is 178 Å². The Hall–Kier alpha value is -3.94. The van der Waals surface area contributed by atoms with Gasteiger partial charge in [-0.1, -0.05) is 30.3 Å². The van der Waals surface area contributed by atoms with Crippen LogP contribution in [0.25, 0.3) is 0 Å². The number of H-pyrrole nitrogens is 2. The van der Waals surface area contributed by atoms with E-state index in [9.17, 15) is 19.2 Å². The Morgan fingerprint density at radius 1 is 1.00 bits per heavy atom. The fourth-order valence-corrected chi connectivity index (χ4v) is 3.24. The smallest absolute Gasteiger partial charge is 0.325 e. The minimum absolute atomic E-state index is 0.102. The lowest BCUT2D eigenvalue weighted by Crippen LogP contribution is -2.30. The lowest BCUT2D eigenvalue weighted by molar-refractivity contribution is -0.121. The molecule has 8 heteroatoms. The maximum absolute atomic E-state index is 12.4. The van der Waals surface area contributed by atoms with Crippen molar-refractivity contribution in [2.75, 3.05) is 5.32 Å². The van der Waals surface area contributed by atoms with Crippen molar-refractivity contribution in [2.45, 2.75) is 32.7 Å². The van der Waals surface area contributed by atoms with Gasteiger partial charge in [0.1, 0.15) is 0 Å². The van der Waals surface area contributed by atoms with Crippen molar-refractivity contribution in [2.24, 2.45) is 0 Å². The van der Waals surface area contributed by atoms with Gasteiger partial charge in [0, 0.05) is 28.9 Å². The van der Waals surface area contributed by atoms with Crippen LogP contribution < -0.4 is 21.9 Å². The first kappa shape index (κ1) is 21.8. The van der Waals surface area contributed by atoms with Crippen LogP contribution in [0, 0.1) is 6.92 Å². The summed E-state index contributed by atoms with van der Waals surface area (Å²) in [5.74, 6) is -0.438. The van der Waals surface area contributed by atoms with E-state index in [1.165, 1.54) is 0 Å². The first-order chi connectivity index (χ1) is 14.8. The largest absolute Gasteiger partial charge is 0.350 e. The molecule has 0 radical (unpaired) electrons. The summed E-state index contributed by atoms with van der Waals surface area (Å²) in [5.41, 5.74) is 1.80. The number of aromatic amines is 2. The van der Waals surface area contributed by atoms with Gasteiger partial charge in [-0.05, 0) is 50.1 Å². The molecule has 0 unspecified atom stereocenters. The lowest BCUT2D eigenvalue weighted by Gasteiger charge is -2.16. The summed E-state index contributed by atoms with van der Waals surface area (Å²) in [6.45, 7) is 3.47. The van der Waals surface area contributed by atoms with Gasteiger partial charge in [0.2, 0.25) is 5.91 Å². The highest BCUT2D eigenvalue weighted by atomic mass is 16.2. The summed E-state index contributed by atoms with van der Waals surface area (Å²) < 4.78 is 0. The van der Waals surface area contributed by atoms with Crippen LogP contribution in [-0.4, -0.2) is 21.8 Å². The quantitative estimate of drug-likeness (QED) is 0.469. The van der Waals surface area contributed by atoms with Crippen LogP contribution in [0.1, 0.15) is 46.6 Å². The number of benzene rings is 2. The zero-order valence-electron chi connectivity index (χ0n) is 17.3. The van der Waals surface area contributed by atoms with Crippen LogP contribution in [0.15, 0.2) is 64.2 Å². The first-order valence-corrected chi connectivity index (χ1v) is 9.91. The molecular formula is C23H24N4O4. The summed E-state index contributed by atoms with van der Waals surface area (Å²) in [5, 5.41) is 5.74. The molecule has 0 saturated heterocycles. The second-order valence-electron chi connectivity index (χ2n) is 7.25. The predicted octanol–water partition coefficient (Wildman–Crippen LogP) is 2.43. The van der Waals surface area contributed by atoms with Gasteiger partial charge >= 0.3 is 5.69 Å². The number of nitrogens with one attached hydrogen (secondary N) is 4. The SMILES string of the molecule is Cc1[nH]c(=O)[nH]c(=O)c1CCC(=O)N[C@@H](C)c1cccc(NC(=O)c2ccccc2)c1. The zero-order chi connectivity index (χ0) is 22.4. The van der Waals surface area contributed by atoms with Crippen molar-refractivity contribution in [3.63, 3.8) is 0 Å². The molecule has 31 heavy (non-hydrogen) atoms. The molecule has 0 saturated carbocycles. The monoisotopic (exact) mass is 420 g/mol. The molecule has 1 atom stereocenters. The molecule has 1 aromatic heterocycles. The Morgan fingerprint density at radius 2 is 1.74 bits per heavy atom. The number of hydrogen-bond acceptors (Lipinski definition) is 4. The first-order valence-electron chi connectivity index (χ1n) is 9.91. The van der Waals surface area contributed by atoms with Gasteiger partial charge in [0.05, 0.1) is 6.04 Å². The Bertz CT molecular complexity index is 1200. The van der Waals surface area contributed by atoms with Crippen molar-refractivity contribution in [3.8, 4) is 0 Å². The third-order valence-electron chi connectivity index (χ3n) is 4.91. The molecule has 0 bridgehead atoms. The van der Waals surface area contributed by atoms with E-state index in [0.717, 1.165) is 5.56 Å². The second kappa shape index (κ2) is 9.71. The molecule has 0 aliphatic carbocycles. The molecule has 160 valence electrons. The maximum Gasteiger partial charge on any atom is 0.325 e. The van der Waals surface area contributed by atoms with E-state index >= 15 is 0 Å². The lowest BCUT2D eigenvalue weighted by atomic mass is 10.1. The fourth-order valence-electron chi connectivity index (χ4n) is 3.24. The van der Waals surface area contributed by atoms with Crippen molar-refractivity contribution < 1.29 is 9.59 Å². The normalized spacial score (nSPS) is 11.5. The number of hydrogen-bond donors (Lipinski definition) is 4. The number of anilines is 1. The molecule has 2 aromatic carbocycles. The molecule has 0 spiro atoms. The van der Waals surface area contributed by atoms with Gasteiger partial charge in [-0.2, -0.15) is 0 Å². The number of amides is 2. The summed E-state index contributed by atoms with van der Waals surface area (Å²) in [6.07, 6.45) is 0.314. The van der Waals surface area contributed by atoms with Crippen molar-refractivity contribution in [3.05, 3.63) is 97.8 Å². The zero-order valence-corrected chi connectivity index (χ0v) is 17.3. The van der Waals surface area contributed by atoms with Crippen LogP contribution in [0.2, 0.25) is 0 Å². The molecule has 8 nitrogen and oxygen atoms in total. The minimum Gasteiger partial charge on any atom is -0.350 e. The van der Waals surface area contributed by atoms with Gasteiger partial charge in [0.15, 0.2) is 0 Å². The van der Waals surface area contributed by atoms with Crippen LogP contribution in [0.3, 0.4) is 0 Å². The van der Waals surface area contributed by atoms with E-state index in [0.29, 0.717) is 22.5 Å². The third kappa shape index (κ3) is 5.79. The highest BCUT2D eigenvalue weighted by molar-refractivity contribution is 6.04. The van der Waals surface area contributed by atoms with Gasteiger partial charge < -0.3 is 15.6 Å². The van der Waals surface area contributed by atoms with Gasteiger partial charge in [0.25, 0.3) is 11.5 Å². The van der Waals surface area contributed by atoms with Crippen molar-refractivity contribution >= 4 is 17.5 Å². The van der Waals surface area contributed by atoms with E-state index < -0.39 is 11.2 Å². The molecule has 2 amide bonds. The van der Waals surface area contributed by atoms with Crippen LogP contribution in [0.4, 0.5) is 5.69 Å². The number of rotatable bonds is 7. The highest BCUT2D eigenvalue weighted by Crippen LogP contribution is 2.18. The van der Waals surface area contributed by atoms with Crippen LogP contribution in [-0.2, 0) is 11.2 Å². The van der Waals surface area contributed by atoms with Crippen molar-refractivity contribution in [1.29, 1.82) is 0 Å². The van der Waals surface area contributed by atoms with E-state index in [-0.39, 0.29) is 30.7 Å². The van der Waals surface area contributed by atoms with Crippen LogP contribution in [0.5, 0.6) is 0 Å². The summed E-state index contributed by atoms with van der Waals surface area (Å²) in [6, 6.07) is 15.9. The number of aryl methyl sites for hydroxylation is 1. The topological polar surface area (TPSA) is 124 Å². The number of carbonyl (C=O) groups excluding carboxylic acids is 2. The second-order valence-corrected chi connectivity index (χ2v) is 7.25. The van der Waals surface area contributed by atoms with E-state index in [1.54, 1.807) is 37.3 Å². The number of carbonyl (C=O) groups is 2. The Kier molecular flexibility index (Phi) is 6.81. The third-order valence-corrected chi connectivity index (χ3v) is 4.91. The summed E-state index contributed by atoms with van der Waals surface area (Å²) >= 11 is 0. The molecule has 0 fully saturated rings. The number of aromatic nitrogens is 2. The molecule has 0 aliphatic rings. The van der Waals surface area contributed by atoms with E-state index in [1.807, 2.05) is 31.2 Å². The molecule has 4 N–H and O–H groups in total. The molecule has 1 heterocycles. The molecular weight excluding hydrogens is 396 g/mol. The minimum atomic E-state index is -0.566. The van der Waals surface area contributed by atoms with Gasteiger partial charge in [-0.15, -0.1) is 0 Å². The highest BCUT2D eigenvalue weighted by Gasteiger charge is 2.13. The van der Waals surface area contributed by atoms with Gasteiger partial charge in [-0.25, -0.2) is 4.79 Å². The summed E-state index contributed by atoms with van der Waals surface area (Å²) in [7, 11) is 0. The van der Waals surface area contributed by atoms with Crippen LogP contribution >= 0.6 is 0 Å². The maximum atomic E-state index is 12.4. The van der Waals surface area contributed by atoms with Crippen molar-refractivity contribution in [1.82, 2.24) is 15.3 Å².